The van der Waals surface area contributed by atoms with Gasteiger partial charge in [-0.1, -0.05) is 19.1 Å². The molecule has 0 aliphatic heterocycles. The van der Waals surface area contributed by atoms with Crippen LogP contribution in [-0.4, -0.2) is 28.8 Å². The summed E-state index contributed by atoms with van der Waals surface area (Å²) in [6, 6.07) is 2.15. The SMILES string of the molecule is C=CC[Si](C)(C)O[C@@H]1CCC2C3CC[C@@]4(C)C(CC[C@@H]4[C@@H](C)O[Si](C)(C)CC=C)C3CC[C@@H]2C1. The number of allylic oxidation sites excluding steroid dienone is 2. The van der Waals surface area contributed by atoms with E-state index >= 15 is 0 Å². The van der Waals surface area contributed by atoms with Crippen molar-refractivity contribution in [1.29, 1.82) is 0 Å². The molecule has 9 atom stereocenters. The Hall–Kier alpha value is -0.166. The normalized spacial score (nSPS) is 41.2. The zero-order valence-electron chi connectivity index (χ0n) is 23.3. The third kappa shape index (κ3) is 5.40. The van der Waals surface area contributed by atoms with Crippen LogP contribution in [0.15, 0.2) is 25.3 Å². The molecule has 0 aromatic carbocycles. The lowest BCUT2D eigenvalue weighted by atomic mass is 9.49. The maximum Gasteiger partial charge on any atom is 0.190 e. The van der Waals surface area contributed by atoms with Crippen LogP contribution in [0.5, 0.6) is 0 Å². The van der Waals surface area contributed by atoms with Gasteiger partial charge in [-0.3, -0.25) is 0 Å². The summed E-state index contributed by atoms with van der Waals surface area (Å²) in [6.07, 6.45) is 17.8. The Kier molecular flexibility index (Phi) is 8.15. The first-order valence-corrected chi connectivity index (χ1v) is 20.8. The molecular formula is C30H54O2Si2. The summed E-state index contributed by atoms with van der Waals surface area (Å²) in [6.45, 7) is 22.5. The Balaban J connectivity index is 1.39. The average molecular weight is 503 g/mol. The Morgan fingerprint density at radius 3 is 2.24 bits per heavy atom. The predicted molar refractivity (Wildman–Crippen MR) is 151 cm³/mol. The van der Waals surface area contributed by atoms with Crippen LogP contribution in [0.3, 0.4) is 0 Å². The molecule has 4 fully saturated rings. The van der Waals surface area contributed by atoms with Gasteiger partial charge in [-0.05, 0) is 144 Å². The highest BCUT2D eigenvalue weighted by Crippen LogP contribution is 2.65. The van der Waals surface area contributed by atoms with Gasteiger partial charge in [-0.25, -0.2) is 0 Å². The smallest absolute Gasteiger partial charge is 0.190 e. The standard InChI is InChI=1S/C30H54O2Si2/c1-9-19-33(5,6)31-22(3)28-15-16-29-27-13-11-23-21-24(32-34(7,8)20-10-2)12-14-25(23)26(27)17-18-30(28,29)4/h9-10,22-29H,1-2,11-21H2,3-8H3/t22-,23-,24-,25?,26?,27?,28-,29?,30-/m1/s1. The second kappa shape index (κ2) is 10.3. The monoisotopic (exact) mass is 502 g/mol. The molecule has 2 nitrogen and oxygen atoms in total. The van der Waals surface area contributed by atoms with E-state index in [-0.39, 0.29) is 0 Å². The van der Waals surface area contributed by atoms with Crippen LogP contribution in [0, 0.1) is 40.9 Å². The zero-order valence-corrected chi connectivity index (χ0v) is 25.3. The van der Waals surface area contributed by atoms with Gasteiger partial charge in [0.15, 0.2) is 16.6 Å². The summed E-state index contributed by atoms with van der Waals surface area (Å²) in [7, 11) is -3.23. The molecule has 0 heterocycles. The van der Waals surface area contributed by atoms with E-state index in [4.69, 9.17) is 8.85 Å². The summed E-state index contributed by atoms with van der Waals surface area (Å²) < 4.78 is 13.6. The van der Waals surface area contributed by atoms with E-state index in [1.54, 1.807) is 0 Å². The van der Waals surface area contributed by atoms with E-state index in [9.17, 15) is 0 Å². The molecule has 4 rings (SSSR count). The summed E-state index contributed by atoms with van der Waals surface area (Å²) in [5.41, 5.74) is 0.493. The fourth-order valence-corrected chi connectivity index (χ4v) is 13.4. The topological polar surface area (TPSA) is 18.5 Å². The van der Waals surface area contributed by atoms with Gasteiger partial charge < -0.3 is 8.85 Å². The molecule has 4 heteroatoms. The van der Waals surface area contributed by atoms with Crippen molar-refractivity contribution in [3.8, 4) is 0 Å². The Morgan fingerprint density at radius 1 is 0.853 bits per heavy atom. The van der Waals surface area contributed by atoms with E-state index in [0.29, 0.717) is 17.6 Å². The van der Waals surface area contributed by atoms with Crippen molar-refractivity contribution in [2.45, 2.75) is 122 Å². The summed E-state index contributed by atoms with van der Waals surface area (Å²) in [5.74, 6) is 5.52. The molecule has 4 aliphatic rings. The first kappa shape index (κ1) is 26.9. The van der Waals surface area contributed by atoms with Gasteiger partial charge in [0.1, 0.15) is 0 Å². The molecule has 4 unspecified atom stereocenters. The minimum atomic E-state index is -1.64. The van der Waals surface area contributed by atoms with Crippen molar-refractivity contribution >= 4 is 16.6 Å². The van der Waals surface area contributed by atoms with Crippen molar-refractivity contribution in [1.82, 2.24) is 0 Å². The van der Waals surface area contributed by atoms with Crippen LogP contribution in [0.25, 0.3) is 0 Å². The number of fused-ring (bicyclic) bond motifs is 5. The zero-order chi connectivity index (χ0) is 24.7. The average Bonchev–Trinajstić information content (AvgIpc) is 3.10. The minimum absolute atomic E-state index is 0.403. The Morgan fingerprint density at radius 2 is 1.53 bits per heavy atom. The van der Waals surface area contributed by atoms with Gasteiger partial charge in [-0.2, -0.15) is 0 Å². The minimum Gasteiger partial charge on any atom is -0.414 e. The molecule has 0 bridgehead atoms. The lowest BCUT2D eigenvalue weighted by Crippen LogP contribution is -2.51. The van der Waals surface area contributed by atoms with E-state index < -0.39 is 16.6 Å². The molecule has 0 aromatic heterocycles. The maximum atomic E-state index is 6.82. The van der Waals surface area contributed by atoms with Crippen molar-refractivity contribution in [2.75, 3.05) is 0 Å². The quantitative estimate of drug-likeness (QED) is 0.231. The van der Waals surface area contributed by atoms with E-state index in [1.807, 2.05) is 0 Å². The molecule has 0 N–H and O–H groups in total. The van der Waals surface area contributed by atoms with E-state index in [0.717, 1.165) is 47.6 Å². The third-order valence-electron chi connectivity index (χ3n) is 10.8. The largest absolute Gasteiger partial charge is 0.414 e. The molecule has 0 amide bonds. The van der Waals surface area contributed by atoms with Crippen LogP contribution in [0.2, 0.25) is 38.3 Å². The molecule has 4 saturated carbocycles. The van der Waals surface area contributed by atoms with Gasteiger partial charge >= 0.3 is 0 Å². The molecular weight excluding hydrogens is 449 g/mol. The molecule has 34 heavy (non-hydrogen) atoms. The van der Waals surface area contributed by atoms with E-state index in [2.05, 4.69) is 65.3 Å². The lowest BCUT2D eigenvalue weighted by molar-refractivity contribution is -0.0856. The third-order valence-corrected chi connectivity index (χ3v) is 15.3. The van der Waals surface area contributed by atoms with Crippen molar-refractivity contribution in [2.24, 2.45) is 40.9 Å². The Bertz CT molecular complexity index is 733. The molecule has 0 radical (unpaired) electrons. The number of hydrogen-bond acceptors (Lipinski definition) is 2. The molecule has 194 valence electrons. The van der Waals surface area contributed by atoms with Crippen LogP contribution in [-0.2, 0) is 8.85 Å². The molecule has 0 spiro atoms. The van der Waals surface area contributed by atoms with Crippen LogP contribution in [0.4, 0.5) is 0 Å². The summed E-state index contributed by atoms with van der Waals surface area (Å²) in [4.78, 5) is 0. The van der Waals surface area contributed by atoms with Gasteiger partial charge in [0.2, 0.25) is 0 Å². The highest BCUT2D eigenvalue weighted by molar-refractivity contribution is 6.72. The van der Waals surface area contributed by atoms with Crippen LogP contribution < -0.4 is 0 Å². The van der Waals surface area contributed by atoms with Crippen molar-refractivity contribution in [3.05, 3.63) is 25.3 Å². The summed E-state index contributed by atoms with van der Waals surface area (Å²) >= 11 is 0. The highest BCUT2D eigenvalue weighted by atomic mass is 28.4. The Labute approximate surface area is 213 Å². The first-order chi connectivity index (χ1) is 16.0. The summed E-state index contributed by atoms with van der Waals surface area (Å²) in [5, 5.41) is 0. The second-order valence-corrected chi connectivity index (χ2v) is 22.4. The lowest BCUT2D eigenvalue weighted by Gasteiger charge is -2.57. The van der Waals surface area contributed by atoms with Gasteiger partial charge in [0, 0.05) is 12.2 Å². The fraction of sp³-hybridized carbons (Fsp3) is 0.867. The number of hydrogen-bond donors (Lipinski definition) is 0. The molecule has 0 saturated heterocycles. The number of rotatable bonds is 9. The molecule has 4 aliphatic carbocycles. The first-order valence-electron chi connectivity index (χ1n) is 14.6. The van der Waals surface area contributed by atoms with E-state index in [1.165, 1.54) is 57.8 Å². The van der Waals surface area contributed by atoms with Crippen molar-refractivity contribution in [3.63, 3.8) is 0 Å². The van der Waals surface area contributed by atoms with Gasteiger partial charge in [0.25, 0.3) is 0 Å². The van der Waals surface area contributed by atoms with Crippen LogP contribution >= 0.6 is 0 Å². The molecule has 0 aromatic rings. The van der Waals surface area contributed by atoms with Crippen LogP contribution in [0.1, 0.15) is 71.6 Å². The van der Waals surface area contributed by atoms with Crippen molar-refractivity contribution < 1.29 is 8.85 Å². The predicted octanol–water partition coefficient (Wildman–Crippen LogP) is 8.83. The highest BCUT2D eigenvalue weighted by Gasteiger charge is 2.58. The van der Waals surface area contributed by atoms with Gasteiger partial charge in [-0.15, -0.1) is 13.2 Å². The maximum absolute atomic E-state index is 6.82. The second-order valence-electron chi connectivity index (χ2n) is 14.0. The fourth-order valence-electron chi connectivity index (χ4n) is 9.56. The van der Waals surface area contributed by atoms with Gasteiger partial charge in [0.05, 0.1) is 0 Å².